The van der Waals surface area contributed by atoms with Crippen LogP contribution in [0.4, 0.5) is 0 Å². The molecule has 0 saturated carbocycles. The van der Waals surface area contributed by atoms with E-state index in [1.54, 1.807) is 80.8 Å². The molecule has 0 atom stereocenters. The molecular weight excluding hydrogens is 486 g/mol. The number of amides is 2. The normalized spacial score (nSPS) is 10.5. The van der Waals surface area contributed by atoms with Crippen molar-refractivity contribution in [2.24, 2.45) is 5.10 Å². The Labute approximate surface area is 213 Å². The van der Waals surface area contributed by atoms with Crippen molar-refractivity contribution in [3.8, 4) is 17.2 Å². The smallest absolute Gasteiger partial charge is 0.343 e. The number of nitrogens with zero attached hydrogens (tertiary/aromatic N) is 1. The van der Waals surface area contributed by atoms with Crippen LogP contribution >= 0.6 is 11.6 Å². The van der Waals surface area contributed by atoms with Crippen LogP contribution in [0, 0.1) is 0 Å². The molecule has 36 heavy (non-hydrogen) atoms. The van der Waals surface area contributed by atoms with Crippen molar-refractivity contribution in [3.05, 3.63) is 88.4 Å². The van der Waals surface area contributed by atoms with Gasteiger partial charge in [-0.25, -0.2) is 10.2 Å². The molecule has 0 aromatic heterocycles. The first-order valence-corrected chi connectivity index (χ1v) is 11.3. The van der Waals surface area contributed by atoms with E-state index in [0.717, 1.165) is 0 Å². The SMILES string of the molecule is CCOc1cc(/C=N/NC(=O)CNC(=O)c2ccc(Cl)cc2)ccc1OC(=O)c1ccc(OC)cc1. The lowest BCUT2D eigenvalue weighted by atomic mass is 10.2. The van der Waals surface area contributed by atoms with E-state index in [1.165, 1.54) is 6.21 Å². The fourth-order valence-corrected chi connectivity index (χ4v) is 3.05. The molecule has 2 N–H and O–H groups in total. The molecule has 0 aliphatic carbocycles. The molecule has 3 aromatic rings. The summed E-state index contributed by atoms with van der Waals surface area (Å²) in [6, 6.07) is 17.7. The van der Waals surface area contributed by atoms with Crippen molar-refractivity contribution < 1.29 is 28.6 Å². The van der Waals surface area contributed by atoms with Crippen LogP contribution in [-0.4, -0.2) is 44.3 Å². The Kier molecular flexibility index (Phi) is 9.41. The summed E-state index contributed by atoms with van der Waals surface area (Å²) < 4.78 is 16.2. The first-order valence-electron chi connectivity index (χ1n) is 10.9. The summed E-state index contributed by atoms with van der Waals surface area (Å²) in [4.78, 5) is 36.5. The van der Waals surface area contributed by atoms with E-state index in [9.17, 15) is 14.4 Å². The third kappa shape index (κ3) is 7.57. The Bertz CT molecular complexity index is 1240. The zero-order valence-corrected chi connectivity index (χ0v) is 20.4. The van der Waals surface area contributed by atoms with Crippen LogP contribution in [0.25, 0.3) is 0 Å². The molecule has 9 nitrogen and oxygen atoms in total. The van der Waals surface area contributed by atoms with Crippen molar-refractivity contribution in [2.75, 3.05) is 20.3 Å². The summed E-state index contributed by atoms with van der Waals surface area (Å²) in [5, 5.41) is 6.89. The summed E-state index contributed by atoms with van der Waals surface area (Å²) in [7, 11) is 1.54. The van der Waals surface area contributed by atoms with Crippen molar-refractivity contribution in [1.29, 1.82) is 0 Å². The quantitative estimate of drug-likeness (QED) is 0.186. The van der Waals surface area contributed by atoms with Crippen molar-refractivity contribution in [2.45, 2.75) is 6.92 Å². The first-order chi connectivity index (χ1) is 17.4. The number of halogens is 1. The number of hydrogen-bond acceptors (Lipinski definition) is 7. The van der Waals surface area contributed by atoms with E-state index in [-0.39, 0.29) is 12.3 Å². The summed E-state index contributed by atoms with van der Waals surface area (Å²) in [5.74, 6) is -0.265. The Hall–Kier alpha value is -4.37. The van der Waals surface area contributed by atoms with Gasteiger partial charge in [0.15, 0.2) is 11.5 Å². The first kappa shape index (κ1) is 26.2. The number of carbonyl (C=O) groups excluding carboxylic acids is 3. The molecule has 0 heterocycles. The second-order valence-corrected chi connectivity index (χ2v) is 7.68. The van der Waals surface area contributed by atoms with Crippen LogP contribution in [0.15, 0.2) is 71.8 Å². The topological polar surface area (TPSA) is 115 Å². The Balaban J connectivity index is 1.56. The maximum Gasteiger partial charge on any atom is 0.343 e. The number of methoxy groups -OCH3 is 1. The number of benzene rings is 3. The highest BCUT2D eigenvalue weighted by Gasteiger charge is 2.14. The van der Waals surface area contributed by atoms with E-state index in [4.69, 9.17) is 25.8 Å². The average Bonchev–Trinajstić information content (AvgIpc) is 2.89. The molecular formula is C26H24ClN3O6. The lowest BCUT2D eigenvalue weighted by molar-refractivity contribution is -0.120. The second kappa shape index (κ2) is 12.9. The maximum atomic E-state index is 12.5. The minimum absolute atomic E-state index is 0.240. The van der Waals surface area contributed by atoms with Crippen LogP contribution in [0.2, 0.25) is 5.02 Å². The number of carbonyl (C=O) groups is 3. The molecule has 3 rings (SSSR count). The minimum Gasteiger partial charge on any atom is -0.497 e. The summed E-state index contributed by atoms with van der Waals surface area (Å²) in [5.41, 5.74) is 3.66. The van der Waals surface area contributed by atoms with E-state index in [1.807, 2.05) is 0 Å². The number of nitrogens with one attached hydrogen (secondary N) is 2. The molecule has 0 fully saturated rings. The minimum atomic E-state index is -0.548. The zero-order chi connectivity index (χ0) is 25.9. The van der Waals surface area contributed by atoms with Crippen molar-refractivity contribution >= 4 is 35.6 Å². The van der Waals surface area contributed by atoms with Gasteiger partial charge in [-0.05, 0) is 79.2 Å². The largest absolute Gasteiger partial charge is 0.497 e. The molecule has 0 aliphatic rings. The number of rotatable bonds is 10. The number of hydrazone groups is 1. The van der Waals surface area contributed by atoms with Crippen LogP contribution < -0.4 is 25.0 Å². The Morgan fingerprint density at radius 2 is 1.64 bits per heavy atom. The second-order valence-electron chi connectivity index (χ2n) is 7.24. The third-order valence-corrected chi connectivity index (χ3v) is 4.97. The predicted molar refractivity (Wildman–Crippen MR) is 135 cm³/mol. The third-order valence-electron chi connectivity index (χ3n) is 4.71. The van der Waals surface area contributed by atoms with E-state index < -0.39 is 17.8 Å². The molecule has 3 aromatic carbocycles. The molecule has 0 saturated heterocycles. The molecule has 186 valence electrons. The van der Waals surface area contributed by atoms with E-state index in [0.29, 0.717) is 39.8 Å². The standard InChI is InChI=1S/C26H24ClN3O6/c1-3-35-23-14-17(4-13-22(23)36-26(33)19-7-11-21(34-2)12-8-19)15-29-30-24(31)16-28-25(32)18-5-9-20(27)10-6-18/h4-15H,3,16H2,1-2H3,(H,28,32)(H,30,31)/b29-15+. The molecule has 0 spiro atoms. The number of hydrogen-bond donors (Lipinski definition) is 2. The van der Waals surface area contributed by atoms with Gasteiger partial charge < -0.3 is 19.5 Å². The van der Waals surface area contributed by atoms with E-state index >= 15 is 0 Å². The van der Waals surface area contributed by atoms with Gasteiger partial charge in [-0.2, -0.15) is 5.10 Å². The average molecular weight is 510 g/mol. The highest BCUT2D eigenvalue weighted by Crippen LogP contribution is 2.29. The van der Waals surface area contributed by atoms with Crippen LogP contribution in [-0.2, 0) is 4.79 Å². The molecule has 0 radical (unpaired) electrons. The van der Waals surface area contributed by atoms with Gasteiger partial charge in [0.2, 0.25) is 0 Å². The highest BCUT2D eigenvalue weighted by molar-refractivity contribution is 6.30. The van der Waals surface area contributed by atoms with Gasteiger partial charge in [-0.3, -0.25) is 9.59 Å². The zero-order valence-electron chi connectivity index (χ0n) is 19.6. The van der Waals surface area contributed by atoms with Gasteiger partial charge in [0.05, 0.1) is 32.0 Å². The summed E-state index contributed by atoms with van der Waals surface area (Å²) in [6.07, 6.45) is 1.40. The van der Waals surface area contributed by atoms with Gasteiger partial charge in [0, 0.05) is 10.6 Å². The van der Waals surface area contributed by atoms with Crippen molar-refractivity contribution in [3.63, 3.8) is 0 Å². The highest BCUT2D eigenvalue weighted by atomic mass is 35.5. The summed E-state index contributed by atoms with van der Waals surface area (Å²) >= 11 is 5.80. The van der Waals surface area contributed by atoms with Crippen LogP contribution in [0.5, 0.6) is 17.2 Å². The molecule has 0 unspecified atom stereocenters. The van der Waals surface area contributed by atoms with Gasteiger partial charge >= 0.3 is 5.97 Å². The molecule has 10 heteroatoms. The van der Waals surface area contributed by atoms with Crippen molar-refractivity contribution in [1.82, 2.24) is 10.7 Å². The van der Waals surface area contributed by atoms with Gasteiger partial charge in [-0.15, -0.1) is 0 Å². The van der Waals surface area contributed by atoms with Gasteiger partial charge in [-0.1, -0.05) is 11.6 Å². The Morgan fingerprint density at radius 3 is 2.31 bits per heavy atom. The van der Waals surface area contributed by atoms with E-state index in [2.05, 4.69) is 15.8 Å². The summed E-state index contributed by atoms with van der Waals surface area (Å²) in [6.45, 7) is 1.88. The molecule has 2 amide bonds. The van der Waals surface area contributed by atoms with Crippen LogP contribution in [0.1, 0.15) is 33.2 Å². The monoisotopic (exact) mass is 509 g/mol. The number of esters is 1. The lowest BCUT2D eigenvalue weighted by Gasteiger charge is -2.11. The fourth-order valence-electron chi connectivity index (χ4n) is 2.93. The van der Waals surface area contributed by atoms with Gasteiger partial charge in [0.1, 0.15) is 5.75 Å². The lowest BCUT2D eigenvalue weighted by Crippen LogP contribution is -2.34. The molecule has 0 aliphatic heterocycles. The number of ether oxygens (including phenoxy) is 3. The van der Waals surface area contributed by atoms with Gasteiger partial charge in [0.25, 0.3) is 11.8 Å². The fraction of sp³-hybridized carbons (Fsp3) is 0.154. The van der Waals surface area contributed by atoms with Crippen LogP contribution in [0.3, 0.4) is 0 Å². The Morgan fingerprint density at radius 1 is 0.944 bits per heavy atom. The predicted octanol–water partition coefficient (Wildman–Crippen LogP) is 3.85. The molecule has 0 bridgehead atoms. The maximum absolute atomic E-state index is 12.5.